The van der Waals surface area contributed by atoms with E-state index in [1.165, 1.54) is 12.8 Å². The second kappa shape index (κ2) is 7.50. The van der Waals surface area contributed by atoms with E-state index in [9.17, 15) is 0 Å². The number of methoxy groups -OCH3 is 1. The predicted molar refractivity (Wildman–Crippen MR) is 81.5 cm³/mol. The molecular formula is C16H26N2O2. The lowest BCUT2D eigenvalue weighted by molar-refractivity contribution is 0.307. The number of likely N-dealkylation sites (N-methyl/N-ethyl adjacent to an activating group) is 1. The molecule has 1 N–H and O–H groups in total. The molecule has 20 heavy (non-hydrogen) atoms. The molecule has 0 aliphatic heterocycles. The minimum Gasteiger partial charge on any atom is -0.493 e. The van der Waals surface area contributed by atoms with Crippen LogP contribution in [-0.2, 0) is 6.54 Å². The Morgan fingerprint density at radius 3 is 2.80 bits per heavy atom. The summed E-state index contributed by atoms with van der Waals surface area (Å²) in [6.07, 6.45) is 2.72. The van der Waals surface area contributed by atoms with Gasteiger partial charge in [0.05, 0.1) is 13.7 Å². The zero-order valence-electron chi connectivity index (χ0n) is 12.8. The van der Waals surface area contributed by atoms with Crippen molar-refractivity contribution in [3.63, 3.8) is 0 Å². The molecule has 0 spiro atoms. The maximum Gasteiger partial charge on any atom is 0.165 e. The van der Waals surface area contributed by atoms with Gasteiger partial charge in [-0.15, -0.1) is 0 Å². The molecule has 0 bridgehead atoms. The van der Waals surface area contributed by atoms with Gasteiger partial charge in [0.2, 0.25) is 0 Å². The minimum atomic E-state index is 0.652. The number of benzene rings is 1. The molecule has 0 unspecified atom stereocenters. The molecule has 0 amide bonds. The third kappa shape index (κ3) is 4.12. The zero-order valence-corrected chi connectivity index (χ0v) is 12.8. The van der Waals surface area contributed by atoms with Crippen molar-refractivity contribution < 1.29 is 9.47 Å². The highest BCUT2D eigenvalue weighted by Gasteiger charge is 2.25. The van der Waals surface area contributed by atoms with Crippen LogP contribution in [-0.4, -0.2) is 44.8 Å². The molecule has 1 aliphatic rings. The fourth-order valence-corrected chi connectivity index (χ4v) is 2.38. The summed E-state index contributed by atoms with van der Waals surface area (Å²) in [5.74, 6) is 1.67. The molecule has 0 saturated heterocycles. The van der Waals surface area contributed by atoms with E-state index < -0.39 is 0 Å². The van der Waals surface area contributed by atoms with Gasteiger partial charge in [0.15, 0.2) is 11.5 Å². The average Bonchev–Trinajstić information content (AvgIpc) is 3.28. The van der Waals surface area contributed by atoms with Crippen molar-refractivity contribution in [2.24, 2.45) is 0 Å². The van der Waals surface area contributed by atoms with Gasteiger partial charge < -0.3 is 19.7 Å². The first-order valence-corrected chi connectivity index (χ1v) is 7.46. The normalized spacial score (nSPS) is 14.6. The van der Waals surface area contributed by atoms with Gasteiger partial charge in [-0.2, -0.15) is 0 Å². The molecule has 4 nitrogen and oxygen atoms in total. The highest BCUT2D eigenvalue weighted by atomic mass is 16.5. The quantitative estimate of drug-likeness (QED) is 0.703. The SMILES string of the molecule is CCOc1cccc(CNCCN(C)C2CC2)c1OC. The van der Waals surface area contributed by atoms with Crippen molar-refractivity contribution in [3.05, 3.63) is 23.8 Å². The van der Waals surface area contributed by atoms with Gasteiger partial charge in [-0.1, -0.05) is 12.1 Å². The van der Waals surface area contributed by atoms with E-state index in [-0.39, 0.29) is 0 Å². The maximum atomic E-state index is 5.59. The Kier molecular flexibility index (Phi) is 5.68. The maximum absolute atomic E-state index is 5.59. The van der Waals surface area contributed by atoms with Crippen molar-refractivity contribution in [2.45, 2.75) is 32.4 Å². The van der Waals surface area contributed by atoms with E-state index in [1.54, 1.807) is 7.11 Å². The van der Waals surface area contributed by atoms with Crippen molar-refractivity contribution >= 4 is 0 Å². The first kappa shape index (κ1) is 15.1. The summed E-state index contributed by atoms with van der Waals surface area (Å²) in [6, 6.07) is 6.87. The molecule has 0 aromatic heterocycles. The Morgan fingerprint density at radius 2 is 2.15 bits per heavy atom. The number of hydrogen-bond donors (Lipinski definition) is 1. The first-order chi connectivity index (χ1) is 9.76. The molecule has 4 heteroatoms. The highest BCUT2D eigenvalue weighted by Crippen LogP contribution is 2.30. The summed E-state index contributed by atoms with van der Waals surface area (Å²) in [5, 5.41) is 3.48. The largest absolute Gasteiger partial charge is 0.493 e. The molecular weight excluding hydrogens is 252 g/mol. The standard InChI is InChI=1S/C16H26N2O2/c1-4-20-15-7-5-6-13(16(15)19-3)12-17-10-11-18(2)14-8-9-14/h5-7,14,17H,4,8-12H2,1-3H3. The van der Waals surface area contributed by atoms with Crippen LogP contribution in [0, 0.1) is 0 Å². The Hall–Kier alpha value is -1.26. The van der Waals surface area contributed by atoms with Gasteiger partial charge in [0, 0.05) is 31.2 Å². The van der Waals surface area contributed by atoms with Crippen molar-refractivity contribution in [3.8, 4) is 11.5 Å². The number of nitrogens with one attached hydrogen (secondary N) is 1. The molecule has 1 aromatic carbocycles. The molecule has 0 atom stereocenters. The summed E-state index contributed by atoms with van der Waals surface area (Å²) in [6.45, 7) is 5.53. The second-order valence-corrected chi connectivity index (χ2v) is 5.27. The lowest BCUT2D eigenvalue weighted by Crippen LogP contribution is -2.30. The summed E-state index contributed by atoms with van der Waals surface area (Å²) in [7, 11) is 3.90. The first-order valence-electron chi connectivity index (χ1n) is 7.46. The van der Waals surface area contributed by atoms with E-state index in [2.05, 4.69) is 23.3 Å². The molecule has 112 valence electrons. The molecule has 0 radical (unpaired) electrons. The predicted octanol–water partition coefficient (Wildman–Crippen LogP) is 2.28. The van der Waals surface area contributed by atoms with Crippen LogP contribution in [0.3, 0.4) is 0 Å². The smallest absolute Gasteiger partial charge is 0.165 e. The van der Waals surface area contributed by atoms with Crippen molar-refractivity contribution in [2.75, 3.05) is 33.9 Å². The Labute approximate surface area is 122 Å². The number of hydrogen-bond acceptors (Lipinski definition) is 4. The zero-order chi connectivity index (χ0) is 14.4. The van der Waals surface area contributed by atoms with Gasteiger partial charge in [-0.3, -0.25) is 0 Å². The monoisotopic (exact) mass is 278 g/mol. The van der Waals surface area contributed by atoms with E-state index in [4.69, 9.17) is 9.47 Å². The van der Waals surface area contributed by atoms with E-state index >= 15 is 0 Å². The van der Waals surface area contributed by atoms with Crippen LogP contribution >= 0.6 is 0 Å². The molecule has 2 rings (SSSR count). The van der Waals surface area contributed by atoms with Gasteiger partial charge >= 0.3 is 0 Å². The van der Waals surface area contributed by atoms with Gasteiger partial charge in [0.25, 0.3) is 0 Å². The summed E-state index contributed by atoms with van der Waals surface area (Å²) >= 11 is 0. The van der Waals surface area contributed by atoms with Gasteiger partial charge in [0.1, 0.15) is 0 Å². The summed E-state index contributed by atoms with van der Waals surface area (Å²) in [4.78, 5) is 2.43. The lowest BCUT2D eigenvalue weighted by Gasteiger charge is -2.17. The summed E-state index contributed by atoms with van der Waals surface area (Å²) in [5.41, 5.74) is 1.15. The fourth-order valence-electron chi connectivity index (χ4n) is 2.38. The minimum absolute atomic E-state index is 0.652. The van der Waals surface area contributed by atoms with Crippen molar-refractivity contribution in [1.82, 2.24) is 10.2 Å². The lowest BCUT2D eigenvalue weighted by atomic mass is 10.2. The number of nitrogens with zero attached hydrogens (tertiary/aromatic N) is 1. The Bertz CT molecular complexity index is 419. The molecule has 1 aromatic rings. The number of rotatable bonds is 9. The molecule has 1 saturated carbocycles. The van der Waals surface area contributed by atoms with Crippen LogP contribution in [0.2, 0.25) is 0 Å². The van der Waals surface area contributed by atoms with Gasteiger partial charge in [-0.25, -0.2) is 0 Å². The van der Waals surface area contributed by atoms with Crippen LogP contribution < -0.4 is 14.8 Å². The van der Waals surface area contributed by atoms with Gasteiger partial charge in [-0.05, 0) is 32.9 Å². The highest BCUT2D eigenvalue weighted by molar-refractivity contribution is 5.46. The third-order valence-electron chi connectivity index (χ3n) is 3.69. The van der Waals surface area contributed by atoms with E-state index in [1.807, 2.05) is 19.1 Å². The fraction of sp³-hybridized carbons (Fsp3) is 0.625. The molecule has 0 heterocycles. The Morgan fingerprint density at radius 1 is 1.35 bits per heavy atom. The van der Waals surface area contributed by atoms with Crippen LogP contribution in [0.15, 0.2) is 18.2 Å². The number of para-hydroxylation sites is 1. The van der Waals surface area contributed by atoms with Crippen LogP contribution in [0.1, 0.15) is 25.3 Å². The van der Waals surface area contributed by atoms with E-state index in [0.717, 1.165) is 42.7 Å². The third-order valence-corrected chi connectivity index (χ3v) is 3.69. The molecule has 1 fully saturated rings. The van der Waals surface area contributed by atoms with Crippen molar-refractivity contribution in [1.29, 1.82) is 0 Å². The van der Waals surface area contributed by atoms with Crippen LogP contribution in [0.4, 0.5) is 0 Å². The second-order valence-electron chi connectivity index (χ2n) is 5.27. The Balaban J connectivity index is 1.83. The van der Waals surface area contributed by atoms with E-state index in [0.29, 0.717) is 6.61 Å². The topological polar surface area (TPSA) is 33.7 Å². The number of ether oxygens (including phenoxy) is 2. The molecule has 1 aliphatic carbocycles. The average molecular weight is 278 g/mol. The van der Waals surface area contributed by atoms with Crippen LogP contribution in [0.5, 0.6) is 11.5 Å². The van der Waals surface area contributed by atoms with Crippen LogP contribution in [0.25, 0.3) is 0 Å². The summed E-state index contributed by atoms with van der Waals surface area (Å²) < 4.78 is 11.1.